The zero-order valence-corrected chi connectivity index (χ0v) is 16.9. The van der Waals surface area contributed by atoms with Gasteiger partial charge in [-0.05, 0) is 24.1 Å². The molecule has 2 unspecified atom stereocenters. The second kappa shape index (κ2) is 10.00. The lowest BCUT2D eigenvalue weighted by Gasteiger charge is -2.11. The zero-order chi connectivity index (χ0) is 21.5. The monoisotopic (exact) mass is 412 g/mol. The minimum Gasteiger partial charge on any atom is -0.394 e. The van der Waals surface area contributed by atoms with Crippen LogP contribution in [-0.2, 0) is 4.74 Å². The molecule has 1 aromatic heterocycles. The van der Waals surface area contributed by atoms with Gasteiger partial charge in [-0.1, -0.05) is 54.5 Å². The molecule has 0 radical (unpaired) electrons. The van der Waals surface area contributed by atoms with E-state index in [2.05, 4.69) is 15.5 Å². The summed E-state index contributed by atoms with van der Waals surface area (Å²) in [6, 6.07) is 16.3. The number of nitrogens with zero attached hydrogens (tertiary/aromatic N) is 2. The number of benzene rings is 2. The Morgan fingerprint density at radius 1 is 1.23 bits per heavy atom. The van der Waals surface area contributed by atoms with Gasteiger partial charge in [0.25, 0.3) is 0 Å². The van der Waals surface area contributed by atoms with E-state index in [1.165, 1.54) is 6.07 Å². The predicted molar refractivity (Wildman–Crippen MR) is 114 cm³/mol. The fraction of sp³-hybridized carbons (Fsp3) is 0.273. The number of hydrogen-bond donors (Lipinski definition) is 3. The van der Waals surface area contributed by atoms with E-state index in [-0.39, 0.29) is 30.9 Å². The van der Waals surface area contributed by atoms with Crippen molar-refractivity contribution in [2.45, 2.75) is 26.0 Å². The Hall–Kier alpha value is -3.23. The molecule has 2 aromatic carbocycles. The number of ether oxygens (including phenoxy) is 1. The summed E-state index contributed by atoms with van der Waals surface area (Å²) in [4.78, 5) is 4.08. The molecule has 0 spiro atoms. The first-order valence-electron chi connectivity index (χ1n) is 9.62. The average Bonchev–Trinajstić information content (AvgIpc) is 3.20. The number of aromatic nitrogens is 1. The van der Waals surface area contributed by atoms with Gasteiger partial charge in [0, 0.05) is 17.5 Å². The first-order valence-corrected chi connectivity index (χ1v) is 9.62. The summed E-state index contributed by atoms with van der Waals surface area (Å²) in [6.45, 7) is 3.69. The SMILES string of the molecule is CC(/N=C(\N)Nc1cc(C(C)c2ccc(-c3ccccc3)c(F)c2)no1)OCCO. The van der Waals surface area contributed by atoms with Crippen LogP contribution in [0.15, 0.2) is 64.1 Å². The highest BCUT2D eigenvalue weighted by Gasteiger charge is 2.17. The highest BCUT2D eigenvalue weighted by atomic mass is 19.1. The lowest BCUT2D eigenvalue weighted by Crippen LogP contribution is -2.25. The van der Waals surface area contributed by atoms with Crippen LogP contribution in [0.3, 0.4) is 0 Å². The molecule has 4 N–H and O–H groups in total. The number of guanidine groups is 1. The smallest absolute Gasteiger partial charge is 0.231 e. The Kier molecular flexibility index (Phi) is 7.16. The average molecular weight is 412 g/mol. The summed E-state index contributed by atoms with van der Waals surface area (Å²) in [5, 5.41) is 15.6. The van der Waals surface area contributed by atoms with Crippen molar-refractivity contribution in [1.29, 1.82) is 0 Å². The van der Waals surface area contributed by atoms with Crippen LogP contribution in [0, 0.1) is 5.82 Å². The first-order chi connectivity index (χ1) is 14.5. The highest BCUT2D eigenvalue weighted by Crippen LogP contribution is 2.29. The fourth-order valence-corrected chi connectivity index (χ4v) is 2.99. The van der Waals surface area contributed by atoms with Gasteiger partial charge in [-0.2, -0.15) is 0 Å². The van der Waals surface area contributed by atoms with Gasteiger partial charge in [0.2, 0.25) is 5.88 Å². The molecule has 158 valence electrons. The molecule has 0 amide bonds. The number of halogens is 1. The molecule has 8 heteroatoms. The van der Waals surface area contributed by atoms with Gasteiger partial charge in [0.1, 0.15) is 12.0 Å². The number of nitrogens with one attached hydrogen (secondary N) is 1. The standard InChI is InChI=1S/C22H25FN4O3/c1-14(17-8-9-18(19(23)12-17)16-6-4-3-5-7-16)20-13-21(30-27-20)26-22(24)25-15(2)29-11-10-28/h3-9,12-15,28H,10-11H2,1-2H3,(H3,24,25,26). The quantitative estimate of drug-likeness (QED) is 0.385. The third-order valence-corrected chi connectivity index (χ3v) is 4.57. The van der Waals surface area contributed by atoms with Crippen LogP contribution >= 0.6 is 0 Å². The number of rotatable bonds is 8. The van der Waals surface area contributed by atoms with E-state index >= 15 is 0 Å². The summed E-state index contributed by atoms with van der Waals surface area (Å²) >= 11 is 0. The van der Waals surface area contributed by atoms with Crippen molar-refractivity contribution < 1.29 is 18.8 Å². The third kappa shape index (κ3) is 5.43. The maximum Gasteiger partial charge on any atom is 0.231 e. The Morgan fingerprint density at radius 3 is 2.70 bits per heavy atom. The van der Waals surface area contributed by atoms with Crippen molar-refractivity contribution in [3.8, 4) is 11.1 Å². The summed E-state index contributed by atoms with van der Waals surface area (Å²) in [6.07, 6.45) is -0.517. The minimum atomic E-state index is -0.517. The Labute approximate surface area is 174 Å². The van der Waals surface area contributed by atoms with Crippen molar-refractivity contribution >= 4 is 11.8 Å². The molecule has 1 heterocycles. The molecule has 2 atom stereocenters. The lowest BCUT2D eigenvalue weighted by molar-refractivity contribution is 0.0442. The molecule has 0 aliphatic heterocycles. The second-order valence-corrected chi connectivity index (χ2v) is 6.78. The molecule has 3 aromatic rings. The van der Waals surface area contributed by atoms with Crippen LogP contribution in [0.5, 0.6) is 0 Å². The van der Waals surface area contributed by atoms with Crippen LogP contribution in [0.4, 0.5) is 10.3 Å². The molecular formula is C22H25FN4O3. The van der Waals surface area contributed by atoms with Gasteiger partial charge in [-0.3, -0.25) is 5.32 Å². The van der Waals surface area contributed by atoms with E-state index in [9.17, 15) is 4.39 Å². The molecular weight excluding hydrogens is 387 g/mol. The van der Waals surface area contributed by atoms with Gasteiger partial charge in [-0.15, -0.1) is 0 Å². The molecule has 0 bridgehead atoms. The Bertz CT molecular complexity index is 991. The Balaban J connectivity index is 1.69. The van der Waals surface area contributed by atoms with Crippen LogP contribution in [-0.4, -0.2) is 35.7 Å². The maximum atomic E-state index is 14.7. The molecule has 0 saturated heterocycles. The van der Waals surface area contributed by atoms with Crippen LogP contribution in [0.1, 0.15) is 31.0 Å². The number of aliphatic hydroxyl groups is 1. The van der Waals surface area contributed by atoms with Gasteiger partial charge >= 0.3 is 0 Å². The normalized spacial score (nSPS) is 13.8. The topological polar surface area (TPSA) is 106 Å². The third-order valence-electron chi connectivity index (χ3n) is 4.57. The van der Waals surface area contributed by atoms with Crippen LogP contribution < -0.4 is 11.1 Å². The van der Waals surface area contributed by atoms with Crippen molar-refractivity contribution in [2.24, 2.45) is 10.7 Å². The second-order valence-electron chi connectivity index (χ2n) is 6.78. The summed E-state index contributed by atoms with van der Waals surface area (Å²) in [7, 11) is 0. The van der Waals surface area contributed by atoms with Crippen LogP contribution in [0.25, 0.3) is 11.1 Å². The Morgan fingerprint density at radius 2 is 2.00 bits per heavy atom. The summed E-state index contributed by atoms with van der Waals surface area (Å²) in [5.41, 5.74) is 8.61. The van der Waals surface area contributed by atoms with Gasteiger partial charge in [0.15, 0.2) is 5.96 Å². The molecule has 7 nitrogen and oxygen atoms in total. The van der Waals surface area contributed by atoms with Crippen molar-refractivity contribution in [1.82, 2.24) is 5.16 Å². The van der Waals surface area contributed by atoms with Gasteiger partial charge in [-0.25, -0.2) is 9.38 Å². The van der Waals surface area contributed by atoms with E-state index in [0.717, 1.165) is 11.1 Å². The number of anilines is 1. The van der Waals surface area contributed by atoms with E-state index < -0.39 is 6.23 Å². The molecule has 0 aliphatic rings. The van der Waals surface area contributed by atoms with E-state index in [1.807, 2.05) is 43.3 Å². The summed E-state index contributed by atoms with van der Waals surface area (Å²) < 4.78 is 25.2. The molecule has 0 fully saturated rings. The molecule has 0 saturated carbocycles. The summed E-state index contributed by atoms with van der Waals surface area (Å²) in [5.74, 6) is -0.0721. The van der Waals surface area contributed by atoms with Crippen molar-refractivity contribution in [3.63, 3.8) is 0 Å². The predicted octanol–water partition coefficient (Wildman–Crippen LogP) is 3.71. The van der Waals surface area contributed by atoms with Crippen molar-refractivity contribution in [2.75, 3.05) is 18.5 Å². The van der Waals surface area contributed by atoms with Crippen LogP contribution in [0.2, 0.25) is 0 Å². The number of aliphatic imine (C=N–C) groups is 1. The van der Waals surface area contributed by atoms with Crippen molar-refractivity contribution in [3.05, 3.63) is 71.7 Å². The van der Waals surface area contributed by atoms with E-state index in [0.29, 0.717) is 17.1 Å². The first kappa shape index (κ1) is 21.5. The molecule has 3 rings (SSSR count). The maximum absolute atomic E-state index is 14.7. The molecule has 30 heavy (non-hydrogen) atoms. The largest absolute Gasteiger partial charge is 0.394 e. The van der Waals surface area contributed by atoms with E-state index in [4.69, 9.17) is 20.1 Å². The number of aliphatic hydroxyl groups excluding tert-OH is 1. The fourth-order valence-electron chi connectivity index (χ4n) is 2.99. The highest BCUT2D eigenvalue weighted by molar-refractivity contribution is 5.91. The minimum absolute atomic E-state index is 0.0917. The number of nitrogens with two attached hydrogens (primary N) is 1. The molecule has 0 aliphatic carbocycles. The van der Waals surface area contributed by atoms with E-state index in [1.54, 1.807) is 19.1 Å². The van der Waals surface area contributed by atoms with Gasteiger partial charge in [0.05, 0.1) is 18.9 Å². The number of hydrogen-bond acceptors (Lipinski definition) is 5. The zero-order valence-electron chi connectivity index (χ0n) is 16.9. The lowest BCUT2D eigenvalue weighted by atomic mass is 9.95. The van der Waals surface area contributed by atoms with Gasteiger partial charge < -0.3 is 20.1 Å².